The van der Waals surface area contributed by atoms with Gasteiger partial charge < -0.3 is 10.5 Å². The van der Waals surface area contributed by atoms with Crippen LogP contribution in [0.1, 0.15) is 5.69 Å². The molecule has 0 fully saturated rings. The van der Waals surface area contributed by atoms with Crippen molar-refractivity contribution in [2.45, 2.75) is 6.61 Å². The van der Waals surface area contributed by atoms with Gasteiger partial charge in [0.25, 0.3) is 0 Å². The summed E-state index contributed by atoms with van der Waals surface area (Å²) in [5, 5.41) is 14.8. The Morgan fingerprint density at radius 3 is 3.14 bits per heavy atom. The number of nitrogens with one attached hydrogen (secondary N) is 1. The first-order chi connectivity index (χ1) is 10.7. The molecule has 110 valence electrons. The van der Waals surface area contributed by atoms with E-state index in [0.717, 1.165) is 0 Å². The van der Waals surface area contributed by atoms with Crippen molar-refractivity contribution in [2.75, 3.05) is 5.73 Å². The maximum absolute atomic E-state index is 5.84. The van der Waals surface area contributed by atoms with Crippen LogP contribution < -0.4 is 10.5 Å². The van der Waals surface area contributed by atoms with Crippen molar-refractivity contribution in [3.05, 3.63) is 35.2 Å². The van der Waals surface area contributed by atoms with E-state index in [4.69, 9.17) is 22.1 Å². The predicted molar refractivity (Wildman–Crippen MR) is 78.4 cm³/mol. The van der Waals surface area contributed by atoms with Crippen molar-refractivity contribution >= 4 is 34.2 Å². The quantitative estimate of drug-likeness (QED) is 0.582. The van der Waals surface area contributed by atoms with Crippen molar-refractivity contribution in [3.8, 4) is 5.75 Å². The minimum Gasteiger partial charge on any atom is -0.485 e. The molecule has 0 saturated heterocycles. The van der Waals surface area contributed by atoms with Crippen LogP contribution in [0, 0.1) is 0 Å². The molecule has 4 aromatic heterocycles. The van der Waals surface area contributed by atoms with Gasteiger partial charge in [-0.05, 0) is 12.1 Å². The molecule has 4 heterocycles. The zero-order chi connectivity index (χ0) is 15.1. The maximum atomic E-state index is 5.84. The summed E-state index contributed by atoms with van der Waals surface area (Å²) < 4.78 is 7.32. The van der Waals surface area contributed by atoms with Gasteiger partial charge in [0, 0.05) is 6.07 Å². The summed E-state index contributed by atoms with van der Waals surface area (Å²) in [6.45, 7) is 0.229. The summed E-state index contributed by atoms with van der Waals surface area (Å²) in [4.78, 5) is 8.45. The van der Waals surface area contributed by atoms with Gasteiger partial charge in [-0.2, -0.15) is 5.10 Å². The van der Waals surface area contributed by atoms with E-state index >= 15 is 0 Å². The zero-order valence-corrected chi connectivity index (χ0v) is 11.8. The van der Waals surface area contributed by atoms with Gasteiger partial charge in [0.1, 0.15) is 17.6 Å². The van der Waals surface area contributed by atoms with E-state index in [2.05, 4.69) is 30.5 Å². The van der Waals surface area contributed by atoms with Crippen LogP contribution in [0.4, 0.5) is 5.82 Å². The smallest absolute Gasteiger partial charge is 0.181 e. The van der Waals surface area contributed by atoms with Crippen molar-refractivity contribution in [1.82, 2.24) is 35.0 Å². The Bertz CT molecular complexity index is 978. The largest absolute Gasteiger partial charge is 0.485 e. The number of hydrogen-bond donors (Lipinski definition) is 2. The van der Waals surface area contributed by atoms with Crippen LogP contribution in [0.15, 0.2) is 24.4 Å². The molecular weight excluding hydrogens is 308 g/mol. The lowest BCUT2D eigenvalue weighted by molar-refractivity contribution is 0.305. The number of aromatic nitrogens is 7. The van der Waals surface area contributed by atoms with Gasteiger partial charge in [0.05, 0.1) is 11.9 Å². The Hall–Kier alpha value is -2.94. The Balaban J connectivity index is 1.63. The molecule has 0 unspecified atom stereocenters. The third-order valence-electron chi connectivity index (χ3n) is 3.00. The van der Waals surface area contributed by atoms with E-state index < -0.39 is 0 Å². The lowest BCUT2D eigenvalue weighted by Crippen LogP contribution is -1.99. The molecule has 22 heavy (non-hydrogen) atoms. The number of rotatable bonds is 3. The van der Waals surface area contributed by atoms with E-state index in [1.807, 2.05) is 0 Å². The average molecular weight is 317 g/mol. The second-order valence-electron chi connectivity index (χ2n) is 4.53. The molecule has 3 N–H and O–H groups in total. The molecule has 0 atom stereocenters. The van der Waals surface area contributed by atoms with E-state index in [-0.39, 0.29) is 6.61 Å². The normalized spacial score (nSPS) is 11.3. The number of halogens is 1. The van der Waals surface area contributed by atoms with E-state index in [1.165, 1.54) is 0 Å². The molecule has 0 aliphatic carbocycles. The molecule has 10 heteroatoms. The lowest BCUT2D eigenvalue weighted by atomic mass is 10.4. The Kier molecular flexibility index (Phi) is 2.79. The fraction of sp³-hybridized carbons (Fsp3) is 0.0833. The summed E-state index contributed by atoms with van der Waals surface area (Å²) in [5.74, 6) is 0.802. The standard InChI is InChI=1S/C12H9ClN8O/c13-8-1-2-10-15-6(4-21(10)19-8)5-22-7-3-9(14)16-12-11(7)17-20-18-12/h1-4H,5H2,(H3,14,16,17,18,20). The zero-order valence-electron chi connectivity index (χ0n) is 11.1. The molecule has 0 spiro atoms. The topological polar surface area (TPSA) is 120 Å². The molecule has 4 aromatic rings. The molecule has 0 amide bonds. The number of nitrogens with two attached hydrogens (primary N) is 1. The third-order valence-corrected chi connectivity index (χ3v) is 3.20. The van der Waals surface area contributed by atoms with Crippen LogP contribution in [0.25, 0.3) is 16.8 Å². The molecule has 0 bridgehead atoms. The van der Waals surface area contributed by atoms with Gasteiger partial charge in [-0.25, -0.2) is 19.6 Å². The highest BCUT2D eigenvalue weighted by Crippen LogP contribution is 2.23. The first-order valence-electron chi connectivity index (χ1n) is 6.30. The molecule has 0 saturated carbocycles. The first-order valence-corrected chi connectivity index (χ1v) is 6.68. The SMILES string of the molecule is Nc1cc(OCc2cn3nc(Cl)ccc3n2)c2nn[nH]c2n1. The fourth-order valence-corrected chi connectivity index (χ4v) is 2.21. The van der Waals surface area contributed by atoms with Gasteiger partial charge in [-0.1, -0.05) is 16.8 Å². The molecule has 0 aromatic carbocycles. The summed E-state index contributed by atoms with van der Waals surface area (Å²) in [7, 11) is 0. The lowest BCUT2D eigenvalue weighted by Gasteiger charge is -2.04. The van der Waals surface area contributed by atoms with Crippen molar-refractivity contribution in [1.29, 1.82) is 0 Å². The molecule has 0 aliphatic heterocycles. The number of H-pyrrole nitrogens is 1. The van der Waals surface area contributed by atoms with E-state index in [0.29, 0.717) is 39.2 Å². The van der Waals surface area contributed by atoms with Crippen LogP contribution in [0.5, 0.6) is 5.75 Å². The first kappa shape index (κ1) is 12.8. The predicted octanol–water partition coefficient (Wildman–Crippen LogP) is 1.21. The summed E-state index contributed by atoms with van der Waals surface area (Å²) in [6, 6.07) is 5.05. The van der Waals surface area contributed by atoms with E-state index in [9.17, 15) is 0 Å². The number of anilines is 1. The van der Waals surface area contributed by atoms with Crippen LogP contribution in [-0.4, -0.2) is 35.0 Å². The highest BCUT2D eigenvalue weighted by Gasteiger charge is 2.11. The Morgan fingerprint density at radius 1 is 1.32 bits per heavy atom. The van der Waals surface area contributed by atoms with Crippen LogP contribution >= 0.6 is 11.6 Å². The number of fused-ring (bicyclic) bond motifs is 2. The Labute approximate surface area is 128 Å². The minimum atomic E-state index is 0.229. The minimum absolute atomic E-state index is 0.229. The molecule has 4 rings (SSSR count). The molecule has 0 aliphatic rings. The van der Waals surface area contributed by atoms with Gasteiger partial charge >= 0.3 is 0 Å². The average Bonchev–Trinajstić information content (AvgIpc) is 3.10. The van der Waals surface area contributed by atoms with Crippen molar-refractivity contribution in [2.24, 2.45) is 0 Å². The monoisotopic (exact) mass is 316 g/mol. The van der Waals surface area contributed by atoms with Crippen molar-refractivity contribution in [3.63, 3.8) is 0 Å². The number of nitrogen functional groups attached to an aromatic ring is 1. The van der Waals surface area contributed by atoms with E-state index in [1.54, 1.807) is 28.9 Å². The van der Waals surface area contributed by atoms with Gasteiger partial charge in [-0.15, -0.1) is 5.10 Å². The number of aromatic amines is 1. The van der Waals surface area contributed by atoms with Crippen molar-refractivity contribution < 1.29 is 4.74 Å². The van der Waals surface area contributed by atoms with Crippen LogP contribution in [0.2, 0.25) is 5.15 Å². The van der Waals surface area contributed by atoms with Gasteiger partial charge in [-0.3, -0.25) is 0 Å². The van der Waals surface area contributed by atoms with Gasteiger partial charge in [0.2, 0.25) is 0 Å². The summed E-state index contributed by atoms with van der Waals surface area (Å²) >= 11 is 5.84. The highest BCUT2D eigenvalue weighted by atomic mass is 35.5. The molecular formula is C12H9ClN8O. The number of hydrogen-bond acceptors (Lipinski definition) is 7. The second-order valence-corrected chi connectivity index (χ2v) is 4.92. The van der Waals surface area contributed by atoms with Crippen LogP contribution in [-0.2, 0) is 6.61 Å². The highest BCUT2D eigenvalue weighted by molar-refractivity contribution is 6.29. The number of nitrogens with zero attached hydrogens (tertiary/aromatic N) is 6. The summed E-state index contributed by atoms with van der Waals surface area (Å²) in [5.41, 5.74) is 8.08. The number of pyridine rings is 1. The number of imidazole rings is 1. The van der Waals surface area contributed by atoms with Gasteiger partial charge in [0.15, 0.2) is 22.6 Å². The van der Waals surface area contributed by atoms with Crippen LogP contribution in [0.3, 0.4) is 0 Å². The second kappa shape index (κ2) is 4.81. The molecule has 0 radical (unpaired) electrons. The molecule has 9 nitrogen and oxygen atoms in total. The summed E-state index contributed by atoms with van der Waals surface area (Å²) in [6.07, 6.45) is 1.74. The third kappa shape index (κ3) is 2.17. The Morgan fingerprint density at radius 2 is 2.23 bits per heavy atom. The number of ether oxygens (including phenoxy) is 1. The maximum Gasteiger partial charge on any atom is 0.181 e. The fourth-order valence-electron chi connectivity index (χ4n) is 2.07.